The number of fused-ring (bicyclic) bond motifs is 1. The Morgan fingerprint density at radius 2 is 1.89 bits per heavy atom. The Morgan fingerprint density at radius 1 is 1.05 bits per heavy atom. The average Bonchev–Trinajstić information content (AvgIpc) is 2.43. The summed E-state index contributed by atoms with van der Waals surface area (Å²) in [5.74, 6) is 0.249. The molecule has 0 aliphatic rings. The van der Waals surface area contributed by atoms with Gasteiger partial charge in [0.15, 0.2) is 0 Å². The first-order valence-corrected chi connectivity index (χ1v) is 6.18. The lowest BCUT2D eigenvalue weighted by Crippen LogP contribution is -1.97. The fourth-order valence-electron chi connectivity index (χ4n) is 1.94. The smallest absolute Gasteiger partial charge is 0.146 e. The van der Waals surface area contributed by atoms with E-state index in [4.69, 9.17) is 11.6 Å². The molecule has 0 aliphatic carbocycles. The van der Waals surface area contributed by atoms with Crippen LogP contribution in [0.15, 0.2) is 54.7 Å². The van der Waals surface area contributed by atoms with Crippen LogP contribution in [0.2, 0.25) is 5.02 Å². The highest BCUT2D eigenvalue weighted by atomic mass is 35.5. The third-order valence-corrected chi connectivity index (χ3v) is 3.09. The largest absolute Gasteiger partial charge is 0.337 e. The number of benzene rings is 2. The van der Waals surface area contributed by atoms with Gasteiger partial charge in [0.05, 0.1) is 5.69 Å². The molecule has 0 atom stereocenters. The van der Waals surface area contributed by atoms with E-state index in [1.165, 1.54) is 12.1 Å². The van der Waals surface area contributed by atoms with Crippen LogP contribution in [-0.4, -0.2) is 4.98 Å². The van der Waals surface area contributed by atoms with Crippen molar-refractivity contribution in [2.75, 3.05) is 5.32 Å². The van der Waals surface area contributed by atoms with Crippen molar-refractivity contribution in [3.05, 3.63) is 65.6 Å². The van der Waals surface area contributed by atoms with Crippen LogP contribution in [-0.2, 0) is 0 Å². The summed E-state index contributed by atoms with van der Waals surface area (Å²) in [7, 11) is 0. The molecule has 0 saturated carbocycles. The van der Waals surface area contributed by atoms with Gasteiger partial charge in [0.1, 0.15) is 11.6 Å². The molecule has 3 aromatic rings. The van der Waals surface area contributed by atoms with Crippen molar-refractivity contribution in [3.63, 3.8) is 0 Å². The maximum atomic E-state index is 13.7. The highest BCUT2D eigenvalue weighted by molar-refractivity contribution is 6.30. The number of pyridine rings is 1. The van der Waals surface area contributed by atoms with Crippen molar-refractivity contribution in [1.29, 1.82) is 0 Å². The van der Waals surface area contributed by atoms with Gasteiger partial charge in [-0.25, -0.2) is 9.37 Å². The minimum atomic E-state index is -0.362. The second kappa shape index (κ2) is 4.86. The summed E-state index contributed by atoms with van der Waals surface area (Å²) in [6.45, 7) is 0. The molecule has 0 amide bonds. The van der Waals surface area contributed by atoms with Crippen LogP contribution in [0.5, 0.6) is 0 Å². The maximum absolute atomic E-state index is 13.7. The van der Waals surface area contributed by atoms with Gasteiger partial charge in [-0.05, 0) is 29.7 Å². The predicted octanol–water partition coefficient (Wildman–Crippen LogP) is 4.77. The normalized spacial score (nSPS) is 10.6. The molecule has 0 spiro atoms. The van der Waals surface area contributed by atoms with Gasteiger partial charge in [-0.2, -0.15) is 0 Å². The zero-order valence-corrected chi connectivity index (χ0v) is 10.7. The zero-order valence-electron chi connectivity index (χ0n) is 9.90. The number of nitrogens with zero attached hydrogens (tertiary/aromatic N) is 1. The highest BCUT2D eigenvalue weighted by Gasteiger charge is 2.06. The summed E-state index contributed by atoms with van der Waals surface area (Å²) < 4.78 is 13.7. The summed E-state index contributed by atoms with van der Waals surface area (Å²) >= 11 is 5.87. The van der Waals surface area contributed by atoms with E-state index in [0.717, 1.165) is 10.8 Å². The lowest BCUT2D eigenvalue weighted by molar-refractivity contribution is 0.632. The van der Waals surface area contributed by atoms with Gasteiger partial charge in [-0.1, -0.05) is 35.9 Å². The molecular formula is C15H10ClFN2. The SMILES string of the molecule is Fc1ccc(Cl)cc1Nc1nccc2ccccc12. The molecule has 4 heteroatoms. The van der Waals surface area contributed by atoms with Crippen LogP contribution in [0.1, 0.15) is 0 Å². The number of hydrogen-bond donors (Lipinski definition) is 1. The molecule has 1 N–H and O–H groups in total. The van der Waals surface area contributed by atoms with Crippen LogP contribution in [0, 0.1) is 5.82 Å². The monoisotopic (exact) mass is 272 g/mol. The molecule has 0 aliphatic heterocycles. The minimum absolute atomic E-state index is 0.316. The molecule has 0 fully saturated rings. The molecule has 1 aromatic heterocycles. The van der Waals surface area contributed by atoms with Crippen LogP contribution >= 0.6 is 11.6 Å². The quantitative estimate of drug-likeness (QED) is 0.727. The standard InChI is InChI=1S/C15H10ClFN2/c16-11-5-6-13(17)14(9-11)19-15-12-4-2-1-3-10(12)7-8-18-15/h1-9H,(H,18,19). The molecule has 2 nitrogen and oxygen atoms in total. The van der Waals surface area contributed by atoms with E-state index in [1.54, 1.807) is 12.3 Å². The molecule has 0 bridgehead atoms. The number of nitrogens with one attached hydrogen (secondary N) is 1. The Kier molecular flexibility index (Phi) is 3.05. The van der Waals surface area contributed by atoms with Gasteiger partial charge >= 0.3 is 0 Å². The zero-order chi connectivity index (χ0) is 13.2. The lowest BCUT2D eigenvalue weighted by atomic mass is 10.1. The molecule has 3 rings (SSSR count). The average molecular weight is 273 g/mol. The fourth-order valence-corrected chi connectivity index (χ4v) is 2.11. The molecule has 0 saturated heterocycles. The first-order chi connectivity index (χ1) is 9.24. The number of halogens is 2. The Hall–Kier alpha value is -2.13. The van der Waals surface area contributed by atoms with E-state index in [-0.39, 0.29) is 5.82 Å². The van der Waals surface area contributed by atoms with Crippen LogP contribution in [0.25, 0.3) is 10.8 Å². The summed E-state index contributed by atoms with van der Waals surface area (Å²) in [5.41, 5.74) is 0.316. The molecule has 2 aromatic carbocycles. The summed E-state index contributed by atoms with van der Waals surface area (Å²) in [4.78, 5) is 4.25. The molecule has 19 heavy (non-hydrogen) atoms. The Balaban J connectivity index is 2.08. The van der Waals surface area contributed by atoms with Crippen LogP contribution in [0.4, 0.5) is 15.9 Å². The van der Waals surface area contributed by atoms with E-state index in [0.29, 0.717) is 16.5 Å². The summed E-state index contributed by atoms with van der Waals surface area (Å²) in [6.07, 6.45) is 1.69. The van der Waals surface area contributed by atoms with E-state index in [9.17, 15) is 4.39 Å². The summed E-state index contributed by atoms with van der Waals surface area (Å²) in [6, 6.07) is 14.1. The van der Waals surface area contributed by atoms with Gasteiger partial charge in [-0.3, -0.25) is 0 Å². The highest BCUT2D eigenvalue weighted by Crippen LogP contribution is 2.27. The fraction of sp³-hybridized carbons (Fsp3) is 0. The first kappa shape index (κ1) is 11.9. The Bertz CT molecular complexity index is 738. The first-order valence-electron chi connectivity index (χ1n) is 5.80. The third kappa shape index (κ3) is 2.37. The van der Waals surface area contributed by atoms with Gasteiger partial charge in [0.25, 0.3) is 0 Å². The number of rotatable bonds is 2. The van der Waals surface area contributed by atoms with Gasteiger partial charge in [-0.15, -0.1) is 0 Å². The van der Waals surface area contributed by atoms with Crippen molar-refractivity contribution in [1.82, 2.24) is 4.98 Å². The second-order valence-corrected chi connectivity index (χ2v) is 4.57. The Labute approximate surface area is 114 Å². The number of anilines is 2. The van der Waals surface area contributed by atoms with Gasteiger partial charge in [0.2, 0.25) is 0 Å². The van der Waals surface area contributed by atoms with E-state index < -0.39 is 0 Å². The lowest BCUT2D eigenvalue weighted by Gasteiger charge is -2.09. The molecule has 0 unspecified atom stereocenters. The molecular weight excluding hydrogens is 263 g/mol. The van der Waals surface area contributed by atoms with Crippen molar-refractivity contribution in [3.8, 4) is 0 Å². The minimum Gasteiger partial charge on any atom is -0.337 e. The van der Waals surface area contributed by atoms with E-state index in [1.807, 2.05) is 30.3 Å². The van der Waals surface area contributed by atoms with Crippen molar-refractivity contribution < 1.29 is 4.39 Å². The molecule has 1 heterocycles. The molecule has 0 radical (unpaired) electrons. The number of aromatic nitrogens is 1. The third-order valence-electron chi connectivity index (χ3n) is 2.86. The number of hydrogen-bond acceptors (Lipinski definition) is 2. The summed E-state index contributed by atoms with van der Waals surface area (Å²) in [5, 5.41) is 5.44. The second-order valence-electron chi connectivity index (χ2n) is 4.13. The van der Waals surface area contributed by atoms with Crippen LogP contribution in [0.3, 0.4) is 0 Å². The van der Waals surface area contributed by atoms with Crippen LogP contribution < -0.4 is 5.32 Å². The van der Waals surface area contributed by atoms with Crippen molar-refractivity contribution in [2.24, 2.45) is 0 Å². The van der Waals surface area contributed by atoms with Gasteiger partial charge in [0, 0.05) is 16.6 Å². The maximum Gasteiger partial charge on any atom is 0.146 e. The van der Waals surface area contributed by atoms with Crippen molar-refractivity contribution in [2.45, 2.75) is 0 Å². The Morgan fingerprint density at radius 3 is 2.79 bits per heavy atom. The molecule has 94 valence electrons. The predicted molar refractivity (Wildman–Crippen MR) is 76.4 cm³/mol. The van der Waals surface area contributed by atoms with Crippen molar-refractivity contribution >= 4 is 33.9 Å². The van der Waals surface area contributed by atoms with E-state index in [2.05, 4.69) is 10.3 Å². The van der Waals surface area contributed by atoms with Gasteiger partial charge < -0.3 is 5.32 Å². The topological polar surface area (TPSA) is 24.9 Å². The van der Waals surface area contributed by atoms with E-state index >= 15 is 0 Å².